The Kier molecular flexibility index (Phi) is 3.90. The van der Waals surface area contributed by atoms with Crippen molar-refractivity contribution in [2.75, 3.05) is 6.54 Å². The van der Waals surface area contributed by atoms with Crippen molar-refractivity contribution in [1.29, 1.82) is 0 Å². The quantitative estimate of drug-likeness (QED) is 0.503. The van der Waals surface area contributed by atoms with E-state index >= 15 is 0 Å². The average Bonchev–Trinajstić information content (AvgIpc) is 2.71. The van der Waals surface area contributed by atoms with Crippen LogP contribution in [0.4, 0.5) is 0 Å². The van der Waals surface area contributed by atoms with Crippen molar-refractivity contribution in [2.45, 2.75) is 20.4 Å². The van der Waals surface area contributed by atoms with Gasteiger partial charge in [-0.3, -0.25) is 0 Å². The smallest absolute Gasteiger partial charge is 0.189 e. The number of aryl methyl sites for hydroxylation is 1. The molecule has 2 aromatic rings. The van der Waals surface area contributed by atoms with Gasteiger partial charge in [-0.15, -0.1) is 0 Å². The van der Waals surface area contributed by atoms with E-state index in [4.69, 9.17) is 10.2 Å². The van der Waals surface area contributed by atoms with Gasteiger partial charge in [0.25, 0.3) is 0 Å². The van der Waals surface area contributed by atoms with E-state index < -0.39 is 0 Å². The number of aliphatic imine (C=N–C) groups is 1. The number of nitrogens with one attached hydrogen (secondary N) is 1. The van der Waals surface area contributed by atoms with E-state index in [1.807, 2.05) is 38.1 Å². The molecular formula is C15H19N3O. The minimum absolute atomic E-state index is 0.405. The third-order valence-corrected chi connectivity index (χ3v) is 2.91. The molecule has 0 unspecified atom stereocenters. The molecule has 0 radical (unpaired) electrons. The van der Waals surface area contributed by atoms with Crippen LogP contribution in [0.2, 0.25) is 0 Å². The van der Waals surface area contributed by atoms with Crippen LogP contribution in [0.15, 0.2) is 45.8 Å². The number of fused-ring (bicyclic) bond motifs is 1. The fourth-order valence-corrected chi connectivity index (χ4v) is 1.83. The summed E-state index contributed by atoms with van der Waals surface area (Å²) in [6.07, 6.45) is 0. The van der Waals surface area contributed by atoms with Crippen LogP contribution in [0.25, 0.3) is 11.0 Å². The zero-order valence-corrected chi connectivity index (χ0v) is 11.4. The number of nitrogens with zero attached hydrogens (tertiary/aromatic N) is 1. The lowest BCUT2D eigenvalue weighted by Gasteiger charge is -2.04. The Labute approximate surface area is 113 Å². The summed E-state index contributed by atoms with van der Waals surface area (Å²) in [5.41, 5.74) is 8.79. The molecule has 100 valence electrons. The van der Waals surface area contributed by atoms with Crippen molar-refractivity contribution < 1.29 is 4.42 Å². The molecule has 0 atom stereocenters. The van der Waals surface area contributed by atoms with Gasteiger partial charge in [0, 0.05) is 17.5 Å². The van der Waals surface area contributed by atoms with Crippen molar-refractivity contribution in [3.05, 3.63) is 47.7 Å². The molecule has 1 aromatic heterocycles. The van der Waals surface area contributed by atoms with Crippen LogP contribution < -0.4 is 11.1 Å². The zero-order valence-electron chi connectivity index (χ0n) is 11.4. The van der Waals surface area contributed by atoms with E-state index in [9.17, 15) is 0 Å². The molecule has 3 N–H and O–H groups in total. The number of furan rings is 1. The first-order valence-electron chi connectivity index (χ1n) is 6.23. The van der Waals surface area contributed by atoms with Gasteiger partial charge in [0.2, 0.25) is 0 Å². The number of hydrogen-bond donors (Lipinski definition) is 2. The molecule has 4 nitrogen and oxygen atoms in total. The van der Waals surface area contributed by atoms with Crippen LogP contribution in [-0.4, -0.2) is 12.5 Å². The molecule has 19 heavy (non-hydrogen) atoms. The summed E-state index contributed by atoms with van der Waals surface area (Å²) in [7, 11) is 0. The fraction of sp³-hybridized carbons (Fsp3) is 0.267. The SMILES string of the molecule is C=C(C)CNC(N)=NCc1oc2ccccc2c1C. The largest absolute Gasteiger partial charge is 0.459 e. The van der Waals surface area contributed by atoms with E-state index in [1.54, 1.807) is 0 Å². The van der Waals surface area contributed by atoms with Gasteiger partial charge < -0.3 is 15.5 Å². The summed E-state index contributed by atoms with van der Waals surface area (Å²) in [6.45, 7) is 8.84. The Morgan fingerprint density at radius 2 is 2.16 bits per heavy atom. The summed E-state index contributed by atoms with van der Waals surface area (Å²) >= 11 is 0. The molecule has 0 fully saturated rings. The predicted octanol–water partition coefficient (Wildman–Crippen LogP) is 2.72. The lowest BCUT2D eigenvalue weighted by atomic mass is 10.1. The van der Waals surface area contributed by atoms with Crippen LogP contribution in [-0.2, 0) is 6.54 Å². The van der Waals surface area contributed by atoms with E-state index in [2.05, 4.69) is 16.9 Å². The minimum atomic E-state index is 0.405. The van der Waals surface area contributed by atoms with Gasteiger partial charge in [-0.05, 0) is 19.9 Å². The highest BCUT2D eigenvalue weighted by molar-refractivity contribution is 5.82. The highest BCUT2D eigenvalue weighted by Gasteiger charge is 2.08. The summed E-state index contributed by atoms with van der Waals surface area (Å²) in [5, 5.41) is 4.12. The number of para-hydroxylation sites is 1. The van der Waals surface area contributed by atoms with Crippen LogP contribution in [0.5, 0.6) is 0 Å². The van der Waals surface area contributed by atoms with E-state index in [0.717, 1.165) is 27.9 Å². The first-order valence-corrected chi connectivity index (χ1v) is 6.23. The van der Waals surface area contributed by atoms with Gasteiger partial charge in [0.15, 0.2) is 5.96 Å². The zero-order chi connectivity index (χ0) is 13.8. The maximum Gasteiger partial charge on any atom is 0.189 e. The van der Waals surface area contributed by atoms with Crippen molar-refractivity contribution in [3.63, 3.8) is 0 Å². The fourth-order valence-electron chi connectivity index (χ4n) is 1.83. The molecule has 1 aromatic carbocycles. The van der Waals surface area contributed by atoms with Gasteiger partial charge in [-0.2, -0.15) is 0 Å². The van der Waals surface area contributed by atoms with Crippen molar-refractivity contribution in [1.82, 2.24) is 5.32 Å². The minimum Gasteiger partial charge on any atom is -0.459 e. The normalized spacial score (nSPS) is 11.8. The third kappa shape index (κ3) is 3.16. The van der Waals surface area contributed by atoms with Crippen LogP contribution in [0.1, 0.15) is 18.2 Å². The van der Waals surface area contributed by atoms with Crippen LogP contribution >= 0.6 is 0 Å². The number of guanidine groups is 1. The highest BCUT2D eigenvalue weighted by Crippen LogP contribution is 2.25. The molecule has 0 bridgehead atoms. The van der Waals surface area contributed by atoms with Crippen LogP contribution in [0.3, 0.4) is 0 Å². The van der Waals surface area contributed by atoms with E-state index in [0.29, 0.717) is 19.0 Å². The first-order chi connectivity index (χ1) is 9.08. The second-order valence-electron chi connectivity index (χ2n) is 4.66. The van der Waals surface area contributed by atoms with Crippen LogP contribution in [0, 0.1) is 6.92 Å². The standard InChI is InChI=1S/C15H19N3O/c1-10(2)8-17-15(16)18-9-14-11(3)12-6-4-5-7-13(12)19-14/h4-7H,1,8-9H2,2-3H3,(H3,16,17,18). The maximum atomic E-state index is 5.77. The third-order valence-electron chi connectivity index (χ3n) is 2.91. The molecule has 0 spiro atoms. The van der Waals surface area contributed by atoms with Gasteiger partial charge in [0.05, 0.1) is 0 Å². The van der Waals surface area contributed by atoms with E-state index in [1.165, 1.54) is 0 Å². The second kappa shape index (κ2) is 5.61. The molecule has 0 aliphatic heterocycles. The molecule has 0 saturated carbocycles. The van der Waals surface area contributed by atoms with Crippen molar-refractivity contribution in [3.8, 4) is 0 Å². The summed E-state index contributed by atoms with van der Waals surface area (Å²) in [4.78, 5) is 4.27. The lowest BCUT2D eigenvalue weighted by molar-refractivity contribution is 0.548. The maximum absolute atomic E-state index is 5.77. The van der Waals surface area contributed by atoms with Crippen molar-refractivity contribution in [2.24, 2.45) is 10.7 Å². The van der Waals surface area contributed by atoms with Gasteiger partial charge >= 0.3 is 0 Å². The topological polar surface area (TPSA) is 63.5 Å². The molecular weight excluding hydrogens is 238 g/mol. The Balaban J connectivity index is 2.11. The summed E-state index contributed by atoms with van der Waals surface area (Å²) in [6, 6.07) is 7.96. The molecule has 0 aliphatic rings. The average molecular weight is 257 g/mol. The Bertz CT molecular complexity index is 625. The number of rotatable bonds is 4. The lowest BCUT2D eigenvalue weighted by Crippen LogP contribution is -2.32. The highest BCUT2D eigenvalue weighted by atomic mass is 16.3. The molecule has 4 heteroatoms. The summed E-state index contributed by atoms with van der Waals surface area (Å²) < 4.78 is 5.77. The number of nitrogens with two attached hydrogens (primary N) is 1. The first kappa shape index (κ1) is 13.2. The molecule has 0 aliphatic carbocycles. The number of benzene rings is 1. The number of hydrogen-bond acceptors (Lipinski definition) is 2. The molecule has 1 heterocycles. The van der Waals surface area contributed by atoms with Gasteiger partial charge in [-0.1, -0.05) is 30.4 Å². The predicted molar refractivity (Wildman–Crippen MR) is 79.1 cm³/mol. The van der Waals surface area contributed by atoms with Crippen molar-refractivity contribution >= 4 is 16.9 Å². The van der Waals surface area contributed by atoms with Gasteiger partial charge in [0.1, 0.15) is 17.9 Å². The molecule has 2 rings (SSSR count). The Morgan fingerprint density at radius 1 is 1.42 bits per heavy atom. The summed E-state index contributed by atoms with van der Waals surface area (Å²) in [5.74, 6) is 1.25. The second-order valence-corrected chi connectivity index (χ2v) is 4.66. The Morgan fingerprint density at radius 3 is 2.84 bits per heavy atom. The molecule has 0 amide bonds. The van der Waals surface area contributed by atoms with Gasteiger partial charge in [-0.25, -0.2) is 4.99 Å². The van der Waals surface area contributed by atoms with E-state index in [-0.39, 0.29) is 0 Å². The Hall–Kier alpha value is -2.23. The molecule has 0 saturated heterocycles. The monoisotopic (exact) mass is 257 g/mol.